The van der Waals surface area contributed by atoms with Gasteiger partial charge in [0.15, 0.2) is 11.5 Å². The standard InChI is InChI=1S/C18H28O7/c1-15(19)16-2-3-17-18(14-16)25-13-11-23-9-7-21-5-4-20-6-8-22-10-12-24-17/h2-3,14-15,19H,4-13H2,1H3. The van der Waals surface area contributed by atoms with Crippen molar-refractivity contribution in [2.75, 3.05) is 66.1 Å². The third-order valence-corrected chi connectivity index (χ3v) is 3.54. The predicted octanol–water partition coefficient (Wildman–Crippen LogP) is 1.58. The molecule has 1 aliphatic rings. The van der Waals surface area contributed by atoms with Gasteiger partial charge in [-0.25, -0.2) is 0 Å². The number of aliphatic hydroxyl groups excluding tert-OH is 1. The van der Waals surface area contributed by atoms with Crippen LogP contribution in [0.1, 0.15) is 18.6 Å². The van der Waals surface area contributed by atoms with Gasteiger partial charge in [0.05, 0.1) is 59.0 Å². The zero-order valence-corrected chi connectivity index (χ0v) is 14.8. The fourth-order valence-corrected chi connectivity index (χ4v) is 2.20. The van der Waals surface area contributed by atoms with E-state index >= 15 is 0 Å². The number of hydrogen-bond acceptors (Lipinski definition) is 7. The van der Waals surface area contributed by atoms with Crippen molar-refractivity contribution >= 4 is 0 Å². The third-order valence-electron chi connectivity index (χ3n) is 3.54. The maximum absolute atomic E-state index is 9.74. The van der Waals surface area contributed by atoms with E-state index in [1.54, 1.807) is 19.1 Å². The molecule has 0 amide bonds. The second-order valence-electron chi connectivity index (χ2n) is 5.53. The first-order chi connectivity index (χ1) is 12.3. The first-order valence-corrected chi connectivity index (χ1v) is 8.66. The summed E-state index contributed by atoms with van der Waals surface area (Å²) in [7, 11) is 0. The Bertz CT molecular complexity index is 478. The molecular weight excluding hydrogens is 328 g/mol. The maximum atomic E-state index is 9.74. The van der Waals surface area contributed by atoms with Crippen LogP contribution >= 0.6 is 0 Å². The highest BCUT2D eigenvalue weighted by molar-refractivity contribution is 5.43. The first kappa shape index (κ1) is 19.9. The van der Waals surface area contributed by atoms with Crippen LogP contribution in [0, 0.1) is 0 Å². The average molecular weight is 356 g/mol. The van der Waals surface area contributed by atoms with Gasteiger partial charge >= 0.3 is 0 Å². The summed E-state index contributed by atoms with van der Waals surface area (Å²) in [6.07, 6.45) is -0.571. The molecule has 142 valence electrons. The lowest BCUT2D eigenvalue weighted by Gasteiger charge is -2.16. The van der Waals surface area contributed by atoms with E-state index in [1.807, 2.05) is 6.07 Å². The molecule has 25 heavy (non-hydrogen) atoms. The van der Waals surface area contributed by atoms with E-state index in [9.17, 15) is 5.11 Å². The van der Waals surface area contributed by atoms with Crippen LogP contribution in [0.15, 0.2) is 18.2 Å². The number of ether oxygens (including phenoxy) is 6. The smallest absolute Gasteiger partial charge is 0.161 e. The van der Waals surface area contributed by atoms with Crippen LogP contribution in [-0.4, -0.2) is 71.2 Å². The molecule has 1 unspecified atom stereocenters. The summed E-state index contributed by atoms with van der Waals surface area (Å²) >= 11 is 0. The Balaban J connectivity index is 1.92. The van der Waals surface area contributed by atoms with Gasteiger partial charge in [-0.3, -0.25) is 0 Å². The predicted molar refractivity (Wildman–Crippen MR) is 91.3 cm³/mol. The van der Waals surface area contributed by atoms with Crippen molar-refractivity contribution in [1.29, 1.82) is 0 Å². The molecule has 1 aromatic rings. The highest BCUT2D eigenvalue weighted by Gasteiger charge is 2.10. The van der Waals surface area contributed by atoms with Gasteiger partial charge in [-0.15, -0.1) is 0 Å². The molecule has 2 rings (SSSR count). The molecule has 0 bridgehead atoms. The fourth-order valence-electron chi connectivity index (χ4n) is 2.20. The minimum atomic E-state index is -0.571. The first-order valence-electron chi connectivity index (χ1n) is 8.66. The molecule has 1 atom stereocenters. The summed E-state index contributed by atoms with van der Waals surface area (Å²) in [6, 6.07) is 5.41. The lowest BCUT2D eigenvalue weighted by Crippen LogP contribution is -2.16. The zero-order chi connectivity index (χ0) is 17.7. The van der Waals surface area contributed by atoms with Crippen LogP contribution in [-0.2, 0) is 18.9 Å². The van der Waals surface area contributed by atoms with Crippen molar-refractivity contribution in [2.24, 2.45) is 0 Å². The minimum absolute atomic E-state index is 0.388. The highest BCUT2D eigenvalue weighted by Crippen LogP contribution is 2.30. The van der Waals surface area contributed by atoms with Crippen LogP contribution in [0.3, 0.4) is 0 Å². The van der Waals surface area contributed by atoms with Gasteiger partial charge in [-0.05, 0) is 24.6 Å². The Morgan fingerprint density at radius 1 is 0.680 bits per heavy atom. The minimum Gasteiger partial charge on any atom is -0.487 e. The normalized spacial score (nSPS) is 20.2. The Kier molecular flexibility index (Phi) is 9.61. The van der Waals surface area contributed by atoms with Crippen LogP contribution in [0.25, 0.3) is 0 Å². The van der Waals surface area contributed by atoms with E-state index in [4.69, 9.17) is 28.4 Å². The lowest BCUT2D eigenvalue weighted by atomic mass is 10.1. The summed E-state index contributed by atoms with van der Waals surface area (Å²) in [6.45, 7) is 6.55. The lowest BCUT2D eigenvalue weighted by molar-refractivity contribution is -0.00843. The van der Waals surface area contributed by atoms with Crippen molar-refractivity contribution in [1.82, 2.24) is 0 Å². The summed E-state index contributed by atoms with van der Waals surface area (Å²) in [5, 5.41) is 9.74. The topological polar surface area (TPSA) is 75.6 Å². The fraction of sp³-hybridized carbons (Fsp3) is 0.667. The van der Waals surface area contributed by atoms with E-state index in [2.05, 4.69) is 0 Å². The van der Waals surface area contributed by atoms with Crippen LogP contribution in [0.2, 0.25) is 0 Å². The summed E-state index contributed by atoms with van der Waals surface area (Å²) in [4.78, 5) is 0. The molecule has 0 radical (unpaired) electrons. The van der Waals surface area contributed by atoms with E-state index in [1.165, 1.54) is 0 Å². The van der Waals surface area contributed by atoms with Gasteiger partial charge in [-0.1, -0.05) is 6.07 Å². The van der Waals surface area contributed by atoms with Crippen molar-refractivity contribution in [3.05, 3.63) is 23.8 Å². The Labute approximate surface area is 148 Å². The van der Waals surface area contributed by atoms with E-state index in [-0.39, 0.29) is 0 Å². The molecule has 0 aromatic heterocycles. The molecule has 1 heterocycles. The summed E-state index contributed by atoms with van der Waals surface area (Å²) < 4.78 is 33.2. The zero-order valence-electron chi connectivity index (χ0n) is 14.8. The summed E-state index contributed by atoms with van der Waals surface area (Å²) in [5.41, 5.74) is 0.771. The van der Waals surface area contributed by atoms with Gasteiger partial charge in [0, 0.05) is 0 Å². The van der Waals surface area contributed by atoms with Crippen LogP contribution < -0.4 is 9.47 Å². The van der Waals surface area contributed by atoms with Gasteiger partial charge < -0.3 is 33.5 Å². The van der Waals surface area contributed by atoms with Crippen LogP contribution in [0.5, 0.6) is 11.5 Å². The number of rotatable bonds is 1. The van der Waals surface area contributed by atoms with Crippen molar-refractivity contribution in [3.8, 4) is 11.5 Å². The Hall–Kier alpha value is -1.38. The molecule has 1 N–H and O–H groups in total. The largest absolute Gasteiger partial charge is 0.487 e. The Morgan fingerprint density at radius 2 is 1.12 bits per heavy atom. The Morgan fingerprint density at radius 3 is 1.60 bits per heavy atom. The average Bonchev–Trinajstić information content (AvgIpc) is 2.61. The van der Waals surface area contributed by atoms with E-state index < -0.39 is 6.10 Å². The number of benzene rings is 1. The van der Waals surface area contributed by atoms with E-state index in [0.29, 0.717) is 77.6 Å². The molecule has 0 saturated heterocycles. The summed E-state index contributed by atoms with van der Waals surface area (Å²) in [5.74, 6) is 1.20. The highest BCUT2D eigenvalue weighted by atomic mass is 16.6. The molecule has 0 fully saturated rings. The van der Waals surface area contributed by atoms with Gasteiger partial charge in [0.1, 0.15) is 13.2 Å². The number of aliphatic hydroxyl groups is 1. The quantitative estimate of drug-likeness (QED) is 0.819. The molecule has 0 spiro atoms. The third kappa shape index (κ3) is 8.02. The van der Waals surface area contributed by atoms with Crippen molar-refractivity contribution in [2.45, 2.75) is 13.0 Å². The SMILES string of the molecule is CC(O)c1ccc2c(c1)OCCOCCOCCOCCOCCO2. The van der Waals surface area contributed by atoms with Gasteiger partial charge in [0.2, 0.25) is 0 Å². The molecule has 7 heteroatoms. The van der Waals surface area contributed by atoms with Crippen molar-refractivity contribution in [3.63, 3.8) is 0 Å². The van der Waals surface area contributed by atoms with Crippen molar-refractivity contribution < 1.29 is 33.5 Å². The monoisotopic (exact) mass is 356 g/mol. The number of fused-ring (bicyclic) bond motifs is 1. The van der Waals surface area contributed by atoms with Gasteiger partial charge in [-0.2, -0.15) is 0 Å². The van der Waals surface area contributed by atoms with Gasteiger partial charge in [0.25, 0.3) is 0 Å². The molecule has 0 saturated carbocycles. The molecular formula is C18H28O7. The molecule has 7 nitrogen and oxygen atoms in total. The van der Waals surface area contributed by atoms with Crippen LogP contribution in [0.4, 0.5) is 0 Å². The molecule has 0 aliphatic carbocycles. The second-order valence-corrected chi connectivity index (χ2v) is 5.53. The maximum Gasteiger partial charge on any atom is 0.161 e. The second kappa shape index (κ2) is 12.1. The van der Waals surface area contributed by atoms with E-state index in [0.717, 1.165) is 5.56 Å². The number of hydrogen-bond donors (Lipinski definition) is 1. The molecule has 1 aromatic carbocycles. The molecule has 1 aliphatic heterocycles.